The van der Waals surface area contributed by atoms with Crippen LogP contribution in [0, 0.1) is 5.92 Å². The van der Waals surface area contributed by atoms with Crippen LogP contribution in [0.2, 0.25) is 0 Å². The first-order valence-corrected chi connectivity index (χ1v) is 12.0. The Morgan fingerprint density at radius 3 is 2.22 bits per heavy atom. The molecule has 178 valence electrons. The van der Waals surface area contributed by atoms with Crippen molar-refractivity contribution in [2.45, 2.75) is 90.8 Å². The minimum Gasteiger partial charge on any atom is -0.453 e. The molecule has 32 heavy (non-hydrogen) atoms. The largest absolute Gasteiger partial charge is 0.453 e. The fraction of sp³-hybridized carbons (Fsp3) is 0.654. The van der Waals surface area contributed by atoms with Crippen LogP contribution in [0.25, 0.3) is 0 Å². The van der Waals surface area contributed by atoms with Gasteiger partial charge in [0.15, 0.2) is 0 Å². The molecule has 1 aromatic rings. The van der Waals surface area contributed by atoms with E-state index in [-0.39, 0.29) is 23.8 Å². The number of carbonyl (C=O) groups is 3. The van der Waals surface area contributed by atoms with Crippen molar-refractivity contribution in [2.75, 3.05) is 13.7 Å². The van der Waals surface area contributed by atoms with Crippen molar-refractivity contribution < 1.29 is 19.1 Å². The fourth-order valence-electron chi connectivity index (χ4n) is 4.13. The zero-order valence-electron chi connectivity index (χ0n) is 20.4. The van der Waals surface area contributed by atoms with E-state index in [9.17, 15) is 14.4 Å². The predicted molar refractivity (Wildman–Crippen MR) is 127 cm³/mol. The van der Waals surface area contributed by atoms with E-state index in [1.165, 1.54) is 31.1 Å². The second-order valence-corrected chi connectivity index (χ2v) is 9.18. The van der Waals surface area contributed by atoms with Crippen LogP contribution < -0.4 is 5.32 Å². The summed E-state index contributed by atoms with van der Waals surface area (Å²) in [5, 5.41) is 2.82. The third kappa shape index (κ3) is 8.05. The lowest BCUT2D eigenvalue weighted by Crippen LogP contribution is -2.41. The van der Waals surface area contributed by atoms with Gasteiger partial charge in [0.05, 0.1) is 13.2 Å². The van der Waals surface area contributed by atoms with E-state index in [0.29, 0.717) is 31.1 Å². The Morgan fingerprint density at radius 1 is 1.06 bits per heavy atom. The van der Waals surface area contributed by atoms with Crippen LogP contribution in [0.4, 0.5) is 4.79 Å². The molecule has 6 heteroatoms. The van der Waals surface area contributed by atoms with Gasteiger partial charge >= 0.3 is 6.09 Å². The molecule has 1 aromatic carbocycles. The third-order valence-corrected chi connectivity index (χ3v) is 6.45. The number of alkyl carbamates (subject to hydrolysis) is 1. The number of ether oxygens (including phenoxy) is 1. The highest BCUT2D eigenvalue weighted by molar-refractivity contribution is 5.83. The second-order valence-electron chi connectivity index (χ2n) is 9.18. The molecular weight excluding hydrogens is 404 g/mol. The van der Waals surface area contributed by atoms with Crippen molar-refractivity contribution in [3.8, 4) is 0 Å². The Morgan fingerprint density at radius 2 is 1.69 bits per heavy atom. The summed E-state index contributed by atoms with van der Waals surface area (Å²) < 4.78 is 4.75. The van der Waals surface area contributed by atoms with Gasteiger partial charge in [0.1, 0.15) is 11.6 Å². The Hall–Kier alpha value is -2.21. The smallest absolute Gasteiger partial charge is 0.407 e. The van der Waals surface area contributed by atoms with Gasteiger partial charge in [-0.3, -0.25) is 14.5 Å². The molecule has 0 heterocycles. The molecule has 1 N–H and O–H groups in total. The summed E-state index contributed by atoms with van der Waals surface area (Å²) in [6.45, 7) is 8.59. The summed E-state index contributed by atoms with van der Waals surface area (Å²) in [5.74, 6) is 0.372. The van der Waals surface area contributed by atoms with Gasteiger partial charge in [-0.25, -0.2) is 4.79 Å². The zero-order valence-corrected chi connectivity index (χ0v) is 20.4. The first-order chi connectivity index (χ1) is 15.3. The Kier molecular flexibility index (Phi) is 10.4. The molecule has 0 saturated heterocycles. The monoisotopic (exact) mass is 444 g/mol. The standard InChI is InChI=1S/C26H40N2O4/c1-6-24(29)19(4)28(23-13-14-23)16-15-21-10-8-7-9-20(21)11-12-22(27-26(31)32-5)17-25(30)18(2)3/h7-10,18-19,22-23H,6,11-17H2,1-5H3,(H,27,31). The number of ketones is 2. The summed E-state index contributed by atoms with van der Waals surface area (Å²) in [7, 11) is 1.34. The number of benzene rings is 1. The summed E-state index contributed by atoms with van der Waals surface area (Å²) >= 11 is 0. The molecule has 0 spiro atoms. The van der Waals surface area contributed by atoms with Gasteiger partial charge < -0.3 is 10.1 Å². The van der Waals surface area contributed by atoms with E-state index >= 15 is 0 Å². The van der Waals surface area contributed by atoms with Gasteiger partial charge in [-0.2, -0.15) is 0 Å². The van der Waals surface area contributed by atoms with Crippen LogP contribution in [-0.2, 0) is 27.2 Å². The van der Waals surface area contributed by atoms with Crippen LogP contribution in [-0.4, -0.2) is 54.3 Å². The summed E-state index contributed by atoms with van der Waals surface area (Å²) in [6, 6.07) is 8.59. The topological polar surface area (TPSA) is 75.7 Å². The summed E-state index contributed by atoms with van der Waals surface area (Å²) in [5.41, 5.74) is 2.49. The molecule has 6 nitrogen and oxygen atoms in total. The van der Waals surface area contributed by atoms with E-state index in [0.717, 1.165) is 19.4 Å². The van der Waals surface area contributed by atoms with Crippen molar-refractivity contribution in [1.29, 1.82) is 0 Å². The van der Waals surface area contributed by atoms with Gasteiger partial charge in [0.25, 0.3) is 0 Å². The molecule has 2 unspecified atom stereocenters. The first-order valence-electron chi connectivity index (χ1n) is 12.0. The lowest BCUT2D eigenvalue weighted by molar-refractivity contribution is -0.124. The highest BCUT2D eigenvalue weighted by atomic mass is 16.5. The molecule has 0 aromatic heterocycles. The molecule has 0 aliphatic heterocycles. The molecule has 2 atom stereocenters. The molecular formula is C26H40N2O4. The van der Waals surface area contributed by atoms with E-state index < -0.39 is 6.09 Å². The van der Waals surface area contributed by atoms with E-state index in [4.69, 9.17) is 4.74 Å². The van der Waals surface area contributed by atoms with Crippen LogP contribution >= 0.6 is 0 Å². The molecule has 1 fully saturated rings. The first kappa shape index (κ1) is 26.0. The van der Waals surface area contributed by atoms with Crippen LogP contribution in [0.1, 0.15) is 70.9 Å². The molecule has 0 bridgehead atoms. The van der Waals surface area contributed by atoms with E-state index in [2.05, 4.69) is 22.3 Å². The zero-order chi connectivity index (χ0) is 23.7. The Labute approximate surface area is 193 Å². The number of rotatable bonds is 14. The van der Waals surface area contributed by atoms with Gasteiger partial charge in [0, 0.05) is 37.4 Å². The average molecular weight is 445 g/mol. The quantitative estimate of drug-likeness (QED) is 0.462. The highest BCUT2D eigenvalue weighted by Gasteiger charge is 2.34. The molecule has 0 radical (unpaired) electrons. The summed E-state index contributed by atoms with van der Waals surface area (Å²) in [4.78, 5) is 38.7. The molecule has 1 saturated carbocycles. The molecule has 2 rings (SSSR count). The van der Waals surface area contributed by atoms with Crippen LogP contribution in [0.5, 0.6) is 0 Å². The highest BCUT2D eigenvalue weighted by Crippen LogP contribution is 2.29. The lowest BCUT2D eigenvalue weighted by Gasteiger charge is -2.28. The van der Waals surface area contributed by atoms with Gasteiger partial charge in [-0.05, 0) is 50.2 Å². The third-order valence-electron chi connectivity index (χ3n) is 6.45. The molecule has 1 amide bonds. The predicted octanol–water partition coefficient (Wildman–Crippen LogP) is 4.33. The SMILES string of the molecule is CCC(=O)C(C)N(CCc1ccccc1CCC(CC(=O)C(C)C)NC(=O)OC)C1CC1. The number of methoxy groups -OCH3 is 1. The van der Waals surface area contributed by atoms with E-state index in [1.54, 1.807) is 0 Å². The molecule has 1 aliphatic rings. The number of nitrogens with one attached hydrogen (secondary N) is 1. The number of nitrogens with zero attached hydrogens (tertiary/aromatic N) is 1. The Balaban J connectivity index is 2.03. The second kappa shape index (κ2) is 12.7. The maximum absolute atomic E-state index is 12.3. The maximum Gasteiger partial charge on any atom is 0.407 e. The Bertz CT molecular complexity index is 773. The van der Waals surface area contributed by atoms with Crippen molar-refractivity contribution in [3.63, 3.8) is 0 Å². The van der Waals surface area contributed by atoms with Crippen molar-refractivity contribution in [1.82, 2.24) is 10.2 Å². The number of carbonyl (C=O) groups excluding carboxylic acids is 3. The number of aryl methyl sites for hydroxylation is 1. The van der Waals surface area contributed by atoms with Crippen molar-refractivity contribution in [2.24, 2.45) is 5.92 Å². The average Bonchev–Trinajstić information content (AvgIpc) is 3.62. The number of Topliss-reactive ketones (excluding diaryl/α,β-unsaturated/α-hetero) is 2. The van der Waals surface area contributed by atoms with Gasteiger partial charge in [-0.1, -0.05) is 45.0 Å². The van der Waals surface area contributed by atoms with Gasteiger partial charge in [0.2, 0.25) is 0 Å². The summed E-state index contributed by atoms with van der Waals surface area (Å²) in [6.07, 6.45) is 5.04. The minimum atomic E-state index is -0.505. The van der Waals surface area contributed by atoms with E-state index in [1.807, 2.05) is 39.8 Å². The van der Waals surface area contributed by atoms with Crippen molar-refractivity contribution in [3.05, 3.63) is 35.4 Å². The van der Waals surface area contributed by atoms with Crippen molar-refractivity contribution >= 4 is 17.7 Å². The number of amides is 1. The molecule has 1 aliphatic carbocycles. The van der Waals surface area contributed by atoms with Gasteiger partial charge in [-0.15, -0.1) is 0 Å². The number of hydrogen-bond acceptors (Lipinski definition) is 5. The lowest BCUT2D eigenvalue weighted by atomic mass is 9.94. The normalized spacial score (nSPS) is 15.5. The maximum atomic E-state index is 12.3. The fourth-order valence-corrected chi connectivity index (χ4v) is 4.13. The van der Waals surface area contributed by atoms with Crippen LogP contribution in [0.15, 0.2) is 24.3 Å². The number of hydrogen-bond donors (Lipinski definition) is 1. The van der Waals surface area contributed by atoms with Crippen LogP contribution in [0.3, 0.4) is 0 Å². The minimum absolute atomic E-state index is 0.0321.